The molecule has 0 aliphatic heterocycles. The number of phenolic OH excluding ortho intramolecular Hbond substituents is 4. The van der Waals surface area contributed by atoms with Crippen LogP contribution in [0.25, 0.3) is 0 Å². The monoisotopic (exact) mass is 552 g/mol. The first-order valence-corrected chi connectivity index (χ1v) is 15.2. The van der Waals surface area contributed by atoms with Gasteiger partial charge in [0.2, 0.25) is 0 Å². The van der Waals surface area contributed by atoms with Crippen molar-refractivity contribution in [1.82, 2.24) is 0 Å². The van der Waals surface area contributed by atoms with Gasteiger partial charge in [-0.1, -0.05) is 106 Å². The van der Waals surface area contributed by atoms with Crippen molar-refractivity contribution in [2.24, 2.45) is 0 Å². The Labute approximate surface area is 245 Å². The molecule has 0 bridgehead atoms. The van der Waals surface area contributed by atoms with Crippen molar-refractivity contribution in [2.45, 2.75) is 82.5 Å². The summed E-state index contributed by atoms with van der Waals surface area (Å²) in [5, 5.41) is 38.8. The number of aromatic hydroxyl groups is 4. The molecular formula is C37H44O4. The average Bonchev–Trinajstić information content (AvgIpc) is 2.98. The van der Waals surface area contributed by atoms with Crippen molar-refractivity contribution in [2.75, 3.05) is 0 Å². The first-order valence-electron chi connectivity index (χ1n) is 15.2. The lowest BCUT2D eigenvalue weighted by Crippen LogP contribution is -2.01. The van der Waals surface area contributed by atoms with Gasteiger partial charge in [-0.15, -0.1) is 0 Å². The molecule has 0 aliphatic rings. The van der Waals surface area contributed by atoms with E-state index in [4.69, 9.17) is 0 Å². The Bertz CT molecular complexity index is 1090. The summed E-state index contributed by atoms with van der Waals surface area (Å²) in [6, 6.07) is 30.1. The predicted molar refractivity (Wildman–Crippen MR) is 167 cm³/mol. The SMILES string of the molecule is Oc1ccc(C(CCCCCCCCCCCC(c2ccc(O)cc2)c2ccc(O)cc2)c2ccc(O)cc2)cc1. The van der Waals surface area contributed by atoms with E-state index in [0.717, 1.165) is 25.7 Å². The zero-order valence-corrected chi connectivity index (χ0v) is 24.0. The fraction of sp³-hybridized carbons (Fsp3) is 0.351. The van der Waals surface area contributed by atoms with E-state index in [1.807, 2.05) is 48.5 Å². The Morgan fingerprint density at radius 3 is 0.707 bits per heavy atom. The summed E-state index contributed by atoms with van der Waals surface area (Å²) < 4.78 is 0. The fourth-order valence-electron chi connectivity index (χ4n) is 5.81. The van der Waals surface area contributed by atoms with Crippen molar-refractivity contribution in [3.05, 3.63) is 119 Å². The standard InChI is InChI=1S/C37H44O4/c38-32-20-12-28(13-21-32)36(29-14-22-33(39)23-15-29)10-8-6-4-2-1-3-5-7-9-11-37(30-16-24-34(40)25-17-30)31-18-26-35(41)27-19-31/h12-27,36-41H,1-11H2. The molecule has 4 heteroatoms. The van der Waals surface area contributed by atoms with Crippen molar-refractivity contribution < 1.29 is 20.4 Å². The zero-order chi connectivity index (χ0) is 28.9. The molecule has 4 aromatic rings. The van der Waals surface area contributed by atoms with E-state index >= 15 is 0 Å². The topological polar surface area (TPSA) is 80.9 Å². The Morgan fingerprint density at radius 1 is 0.293 bits per heavy atom. The lowest BCUT2D eigenvalue weighted by molar-refractivity contribution is 0.473. The van der Waals surface area contributed by atoms with Gasteiger partial charge in [-0.3, -0.25) is 0 Å². The maximum Gasteiger partial charge on any atom is 0.115 e. The van der Waals surface area contributed by atoms with Crippen LogP contribution in [-0.2, 0) is 0 Å². The predicted octanol–water partition coefficient (Wildman–Crippen LogP) is 9.76. The van der Waals surface area contributed by atoms with Crippen LogP contribution in [0.5, 0.6) is 23.0 Å². The molecule has 0 amide bonds. The maximum atomic E-state index is 9.70. The molecule has 0 radical (unpaired) electrons. The van der Waals surface area contributed by atoms with Crippen LogP contribution >= 0.6 is 0 Å². The van der Waals surface area contributed by atoms with E-state index in [1.165, 1.54) is 67.2 Å². The molecule has 0 saturated carbocycles. The number of hydrogen-bond acceptors (Lipinski definition) is 4. The van der Waals surface area contributed by atoms with Crippen molar-refractivity contribution >= 4 is 0 Å². The van der Waals surface area contributed by atoms with E-state index in [-0.39, 0.29) is 34.8 Å². The van der Waals surface area contributed by atoms with Gasteiger partial charge in [0.1, 0.15) is 23.0 Å². The summed E-state index contributed by atoms with van der Waals surface area (Å²) in [7, 11) is 0. The molecule has 0 unspecified atom stereocenters. The summed E-state index contributed by atoms with van der Waals surface area (Å²) in [6.07, 6.45) is 13.2. The second-order valence-electron chi connectivity index (χ2n) is 11.2. The molecule has 41 heavy (non-hydrogen) atoms. The van der Waals surface area contributed by atoms with E-state index in [0.29, 0.717) is 0 Å². The smallest absolute Gasteiger partial charge is 0.115 e. The largest absolute Gasteiger partial charge is 0.508 e. The minimum absolute atomic E-state index is 0.267. The summed E-state index contributed by atoms with van der Waals surface area (Å²) in [4.78, 5) is 0. The number of hydrogen-bond donors (Lipinski definition) is 4. The van der Waals surface area contributed by atoms with E-state index in [2.05, 4.69) is 0 Å². The highest BCUT2D eigenvalue weighted by atomic mass is 16.3. The van der Waals surface area contributed by atoms with Gasteiger partial charge in [-0.05, 0) is 83.6 Å². The highest BCUT2D eigenvalue weighted by Crippen LogP contribution is 2.33. The Kier molecular flexibility index (Phi) is 11.5. The zero-order valence-electron chi connectivity index (χ0n) is 24.0. The van der Waals surface area contributed by atoms with Crippen LogP contribution in [0.3, 0.4) is 0 Å². The van der Waals surface area contributed by atoms with Crippen LogP contribution < -0.4 is 0 Å². The van der Waals surface area contributed by atoms with Crippen LogP contribution in [0, 0.1) is 0 Å². The average molecular weight is 553 g/mol. The van der Waals surface area contributed by atoms with Gasteiger partial charge in [0.25, 0.3) is 0 Å². The Balaban J connectivity index is 1.13. The molecule has 4 N–H and O–H groups in total. The molecule has 0 spiro atoms. The van der Waals surface area contributed by atoms with Crippen LogP contribution in [0.4, 0.5) is 0 Å². The molecule has 0 heterocycles. The molecule has 0 aliphatic carbocycles. The third-order valence-electron chi connectivity index (χ3n) is 8.17. The summed E-state index contributed by atoms with van der Waals surface area (Å²) >= 11 is 0. The van der Waals surface area contributed by atoms with Crippen LogP contribution in [0.1, 0.15) is 105 Å². The lowest BCUT2D eigenvalue weighted by Gasteiger charge is -2.18. The number of benzene rings is 4. The molecule has 0 fully saturated rings. The van der Waals surface area contributed by atoms with Gasteiger partial charge in [0, 0.05) is 11.8 Å². The van der Waals surface area contributed by atoms with Gasteiger partial charge < -0.3 is 20.4 Å². The van der Waals surface area contributed by atoms with Gasteiger partial charge in [-0.25, -0.2) is 0 Å². The molecule has 216 valence electrons. The Hall–Kier alpha value is -3.92. The minimum Gasteiger partial charge on any atom is -0.508 e. The van der Waals surface area contributed by atoms with Gasteiger partial charge in [-0.2, -0.15) is 0 Å². The molecule has 4 aromatic carbocycles. The third-order valence-corrected chi connectivity index (χ3v) is 8.17. The van der Waals surface area contributed by atoms with Crippen LogP contribution in [0.15, 0.2) is 97.1 Å². The second kappa shape index (κ2) is 15.8. The molecule has 0 aromatic heterocycles. The normalized spacial score (nSPS) is 11.4. The highest BCUT2D eigenvalue weighted by molar-refractivity contribution is 5.39. The highest BCUT2D eigenvalue weighted by Gasteiger charge is 2.15. The van der Waals surface area contributed by atoms with Gasteiger partial charge in [0.15, 0.2) is 0 Å². The minimum atomic E-state index is 0.267. The quantitative estimate of drug-likeness (QED) is 0.104. The van der Waals surface area contributed by atoms with E-state index in [1.54, 1.807) is 48.5 Å². The van der Waals surface area contributed by atoms with Crippen molar-refractivity contribution in [3.8, 4) is 23.0 Å². The number of unbranched alkanes of at least 4 members (excludes halogenated alkanes) is 8. The van der Waals surface area contributed by atoms with Crippen molar-refractivity contribution in [3.63, 3.8) is 0 Å². The van der Waals surface area contributed by atoms with Crippen LogP contribution in [0.2, 0.25) is 0 Å². The molecule has 4 rings (SSSR count). The third kappa shape index (κ3) is 9.60. The second-order valence-corrected chi connectivity index (χ2v) is 11.2. The Morgan fingerprint density at radius 2 is 0.488 bits per heavy atom. The maximum absolute atomic E-state index is 9.70. The van der Waals surface area contributed by atoms with Crippen LogP contribution in [-0.4, -0.2) is 20.4 Å². The van der Waals surface area contributed by atoms with Crippen molar-refractivity contribution in [1.29, 1.82) is 0 Å². The summed E-state index contributed by atoms with van der Waals surface area (Å²) in [6.45, 7) is 0. The van der Waals surface area contributed by atoms with E-state index in [9.17, 15) is 20.4 Å². The van der Waals surface area contributed by atoms with Gasteiger partial charge >= 0.3 is 0 Å². The fourth-order valence-corrected chi connectivity index (χ4v) is 5.81. The first-order chi connectivity index (χ1) is 20.0. The van der Waals surface area contributed by atoms with Gasteiger partial charge in [0.05, 0.1) is 0 Å². The van der Waals surface area contributed by atoms with E-state index < -0.39 is 0 Å². The number of rotatable bonds is 16. The summed E-state index contributed by atoms with van der Waals surface area (Å²) in [5.74, 6) is 1.67. The summed E-state index contributed by atoms with van der Waals surface area (Å²) in [5.41, 5.74) is 4.80. The molecular weight excluding hydrogens is 508 g/mol. The molecule has 0 atom stereocenters. The molecule has 4 nitrogen and oxygen atoms in total. The lowest BCUT2D eigenvalue weighted by atomic mass is 9.86. The number of phenols is 4. The first kappa shape index (κ1) is 30.0. The molecule has 0 saturated heterocycles.